The van der Waals surface area contributed by atoms with Crippen molar-refractivity contribution < 1.29 is 9.13 Å². The molecule has 0 aliphatic heterocycles. The van der Waals surface area contributed by atoms with Crippen LogP contribution in [0.4, 0.5) is 4.39 Å². The number of hydrogen-bond acceptors (Lipinski definition) is 6. The molecular weight excluding hydrogens is 515 g/mol. The molecule has 37 heavy (non-hydrogen) atoms. The molecule has 1 fully saturated rings. The van der Waals surface area contributed by atoms with Crippen molar-refractivity contribution in [2.45, 2.75) is 19.4 Å². The van der Waals surface area contributed by atoms with Crippen LogP contribution in [0.3, 0.4) is 0 Å². The number of rotatable bonds is 5. The lowest BCUT2D eigenvalue weighted by atomic mass is 10.1. The number of thiophene rings is 1. The number of halogens is 2. The third kappa shape index (κ3) is 3.72. The van der Waals surface area contributed by atoms with E-state index in [1.807, 2.05) is 24.3 Å². The van der Waals surface area contributed by atoms with Gasteiger partial charge in [0.1, 0.15) is 4.70 Å². The molecule has 0 spiro atoms. The lowest BCUT2D eigenvalue weighted by Gasteiger charge is -2.15. The molecule has 6 rings (SSSR count). The summed E-state index contributed by atoms with van der Waals surface area (Å²) >= 11 is 7.52. The van der Waals surface area contributed by atoms with Gasteiger partial charge in [-0.3, -0.25) is 14.3 Å². The molecule has 0 radical (unpaired) electrons. The second kappa shape index (κ2) is 8.54. The summed E-state index contributed by atoms with van der Waals surface area (Å²) in [5.41, 5.74) is -0.474. The average molecular weight is 533 g/mol. The van der Waals surface area contributed by atoms with Crippen LogP contribution in [0.1, 0.15) is 12.8 Å². The molecule has 1 saturated carbocycles. The van der Waals surface area contributed by atoms with E-state index in [1.165, 1.54) is 23.9 Å². The number of methoxy groups -OCH3 is 1. The van der Waals surface area contributed by atoms with Gasteiger partial charge in [0.2, 0.25) is 0 Å². The molecule has 0 N–H and O–H groups in total. The van der Waals surface area contributed by atoms with Crippen LogP contribution in [-0.4, -0.2) is 21.2 Å². The number of fused-ring (bicyclic) bond motifs is 2. The van der Waals surface area contributed by atoms with Crippen molar-refractivity contribution in [1.29, 1.82) is 5.26 Å². The Morgan fingerprint density at radius 1 is 1.22 bits per heavy atom. The number of ether oxygens (including phenoxy) is 1. The van der Waals surface area contributed by atoms with Gasteiger partial charge in [0.05, 0.1) is 41.0 Å². The van der Waals surface area contributed by atoms with Crippen LogP contribution in [-0.2, 0) is 6.54 Å². The van der Waals surface area contributed by atoms with Crippen LogP contribution in [0, 0.1) is 22.6 Å². The van der Waals surface area contributed by atoms with E-state index in [2.05, 4.69) is 11.1 Å². The quantitative estimate of drug-likeness (QED) is 0.297. The molecule has 7 nitrogen and oxygen atoms in total. The molecule has 10 heteroatoms. The average Bonchev–Trinajstić information content (AvgIpc) is 3.55. The predicted octanol–water partition coefficient (Wildman–Crippen LogP) is 5.53. The van der Waals surface area contributed by atoms with Gasteiger partial charge >= 0.3 is 5.69 Å². The summed E-state index contributed by atoms with van der Waals surface area (Å²) in [6, 6.07) is 14.0. The van der Waals surface area contributed by atoms with E-state index in [-0.39, 0.29) is 17.3 Å². The fourth-order valence-electron chi connectivity index (χ4n) is 4.56. The van der Waals surface area contributed by atoms with E-state index < -0.39 is 22.5 Å². The summed E-state index contributed by atoms with van der Waals surface area (Å²) in [6.45, 7) is 0.147. The van der Waals surface area contributed by atoms with Gasteiger partial charge < -0.3 is 4.74 Å². The molecule has 3 heterocycles. The maximum Gasteiger partial charge on any atom is 0.336 e. The Bertz CT molecular complexity index is 1890. The smallest absolute Gasteiger partial charge is 0.336 e. The highest BCUT2D eigenvalue weighted by molar-refractivity contribution is 7.22. The van der Waals surface area contributed by atoms with Crippen LogP contribution in [0.15, 0.2) is 64.4 Å². The van der Waals surface area contributed by atoms with Gasteiger partial charge in [-0.05, 0) is 31.0 Å². The number of nitriles is 1. The maximum absolute atomic E-state index is 14.2. The monoisotopic (exact) mass is 532 g/mol. The van der Waals surface area contributed by atoms with Crippen LogP contribution >= 0.6 is 22.9 Å². The van der Waals surface area contributed by atoms with Crippen molar-refractivity contribution in [3.63, 3.8) is 0 Å². The van der Waals surface area contributed by atoms with Gasteiger partial charge in [0.25, 0.3) is 5.56 Å². The minimum absolute atomic E-state index is 0.00917. The Morgan fingerprint density at radius 3 is 2.73 bits per heavy atom. The molecular formula is C27H18ClFN4O3S. The lowest BCUT2D eigenvalue weighted by Crippen LogP contribution is -2.39. The fourth-order valence-corrected chi connectivity index (χ4v) is 5.99. The number of benzene rings is 2. The lowest BCUT2D eigenvalue weighted by molar-refractivity contribution is 0.387. The SMILES string of the molecule is COc1cc(-c2cc3c(s2)c(=O)n(-c2cncc4ccccc24)c(=O)n3CC2(C#N)CC2)c(Cl)cc1F. The molecule has 3 aromatic heterocycles. The van der Waals surface area contributed by atoms with Crippen LogP contribution in [0.25, 0.3) is 37.1 Å². The first-order chi connectivity index (χ1) is 17.9. The molecule has 2 aromatic carbocycles. The summed E-state index contributed by atoms with van der Waals surface area (Å²) in [6.07, 6.45) is 4.51. The highest BCUT2D eigenvalue weighted by Gasteiger charge is 2.44. The zero-order valence-electron chi connectivity index (χ0n) is 19.5. The Balaban J connectivity index is 1.68. The van der Waals surface area contributed by atoms with Gasteiger partial charge in [-0.25, -0.2) is 13.8 Å². The zero-order chi connectivity index (χ0) is 25.9. The standard InChI is InChI=1S/C27H18ClFN4O3S/c1-36-22-8-17(18(28)9-19(22)29)23-10-20-24(37-23)25(34)33(26(35)32(20)14-27(13-30)6-7-27)21-12-31-11-15-4-2-3-5-16(15)21/h2-5,8-12H,6-7,14H2,1H3. The maximum atomic E-state index is 14.2. The second-order valence-electron chi connectivity index (χ2n) is 9.07. The van der Waals surface area contributed by atoms with Gasteiger partial charge in [-0.1, -0.05) is 35.9 Å². The number of hydrogen-bond donors (Lipinski definition) is 0. The molecule has 0 bridgehead atoms. The Hall–Kier alpha value is -4.00. The number of pyridine rings is 1. The van der Waals surface area contributed by atoms with Crippen molar-refractivity contribution in [2.75, 3.05) is 7.11 Å². The predicted molar refractivity (Wildman–Crippen MR) is 141 cm³/mol. The van der Waals surface area contributed by atoms with E-state index in [9.17, 15) is 19.2 Å². The van der Waals surface area contributed by atoms with E-state index >= 15 is 0 Å². The summed E-state index contributed by atoms with van der Waals surface area (Å²) in [7, 11) is 1.35. The Morgan fingerprint density at radius 2 is 2.00 bits per heavy atom. The van der Waals surface area contributed by atoms with E-state index in [0.717, 1.165) is 27.4 Å². The summed E-state index contributed by atoms with van der Waals surface area (Å²) in [5.74, 6) is -0.598. The number of aromatic nitrogens is 3. The van der Waals surface area contributed by atoms with Gasteiger partial charge in [-0.15, -0.1) is 11.3 Å². The molecule has 0 saturated heterocycles. The molecule has 5 aromatic rings. The summed E-state index contributed by atoms with van der Waals surface area (Å²) in [4.78, 5) is 32.6. The van der Waals surface area contributed by atoms with E-state index in [4.69, 9.17) is 16.3 Å². The first-order valence-electron chi connectivity index (χ1n) is 11.4. The highest BCUT2D eigenvalue weighted by atomic mass is 35.5. The van der Waals surface area contributed by atoms with Gasteiger partial charge in [-0.2, -0.15) is 5.26 Å². The third-order valence-corrected chi connectivity index (χ3v) is 8.23. The summed E-state index contributed by atoms with van der Waals surface area (Å²) in [5, 5.41) is 11.4. The first kappa shape index (κ1) is 23.4. The van der Waals surface area contributed by atoms with E-state index in [1.54, 1.807) is 12.3 Å². The van der Waals surface area contributed by atoms with Crippen molar-refractivity contribution >= 4 is 43.9 Å². The molecule has 0 atom stereocenters. The topological polar surface area (TPSA) is 89.9 Å². The van der Waals surface area contributed by atoms with Crippen molar-refractivity contribution in [3.8, 4) is 27.9 Å². The molecule has 1 aliphatic rings. The molecule has 184 valence electrons. The normalized spacial score (nSPS) is 14.1. The van der Waals surface area contributed by atoms with Gasteiger partial charge in [0, 0.05) is 34.0 Å². The minimum Gasteiger partial charge on any atom is -0.494 e. The third-order valence-electron chi connectivity index (χ3n) is 6.77. The fraction of sp³-hybridized carbons (Fsp3) is 0.185. The van der Waals surface area contributed by atoms with Gasteiger partial charge in [0.15, 0.2) is 11.6 Å². The van der Waals surface area contributed by atoms with Crippen LogP contribution < -0.4 is 16.0 Å². The van der Waals surface area contributed by atoms with Crippen molar-refractivity contribution in [2.24, 2.45) is 5.41 Å². The Labute approximate surface area is 218 Å². The van der Waals surface area contributed by atoms with E-state index in [0.29, 0.717) is 44.6 Å². The minimum atomic E-state index is -0.658. The van der Waals surface area contributed by atoms with Crippen molar-refractivity contribution in [3.05, 3.63) is 86.5 Å². The van der Waals surface area contributed by atoms with Crippen LogP contribution in [0.2, 0.25) is 5.02 Å². The zero-order valence-corrected chi connectivity index (χ0v) is 21.1. The highest BCUT2D eigenvalue weighted by Crippen LogP contribution is 2.47. The van der Waals surface area contributed by atoms with Crippen LogP contribution in [0.5, 0.6) is 5.75 Å². The molecule has 0 unspecified atom stereocenters. The second-order valence-corrected chi connectivity index (χ2v) is 10.5. The number of nitrogens with zero attached hydrogens (tertiary/aromatic N) is 4. The summed E-state index contributed by atoms with van der Waals surface area (Å²) < 4.78 is 22.2. The van der Waals surface area contributed by atoms with Crippen molar-refractivity contribution in [1.82, 2.24) is 14.1 Å². The largest absolute Gasteiger partial charge is 0.494 e. The first-order valence-corrected chi connectivity index (χ1v) is 12.6. The Kier molecular flexibility index (Phi) is 5.40. The molecule has 0 amide bonds. The molecule has 1 aliphatic carbocycles.